The van der Waals surface area contributed by atoms with Crippen LogP contribution < -0.4 is 0 Å². The molecule has 0 radical (unpaired) electrons. The number of carbonyl (C=O) groups is 3. The Bertz CT molecular complexity index is 1610. The van der Waals surface area contributed by atoms with Crippen LogP contribution in [0.5, 0.6) is 0 Å². The molecule has 0 bridgehead atoms. The first-order valence-corrected chi connectivity index (χ1v) is 35.7. The molecule has 0 fully saturated rings. The fourth-order valence-corrected chi connectivity index (χ4v) is 10.3. The van der Waals surface area contributed by atoms with E-state index in [1.165, 1.54) is 199 Å². The maximum atomic E-state index is 13.0. The molecule has 0 aliphatic heterocycles. The summed E-state index contributed by atoms with van der Waals surface area (Å²) in [6, 6.07) is 0. The topological polar surface area (TPSA) is 78.9 Å². The van der Waals surface area contributed by atoms with Crippen LogP contribution in [0.4, 0.5) is 0 Å². The van der Waals surface area contributed by atoms with E-state index in [1.54, 1.807) is 0 Å². The molecule has 0 rings (SSSR count). The molecule has 0 saturated carbocycles. The molecule has 83 heavy (non-hydrogen) atoms. The van der Waals surface area contributed by atoms with Crippen LogP contribution in [-0.2, 0) is 28.6 Å². The van der Waals surface area contributed by atoms with Crippen molar-refractivity contribution in [3.8, 4) is 0 Å². The van der Waals surface area contributed by atoms with E-state index in [0.717, 1.165) is 116 Å². The summed E-state index contributed by atoms with van der Waals surface area (Å²) in [5.74, 6) is -0.872. The van der Waals surface area contributed by atoms with Crippen molar-refractivity contribution >= 4 is 17.9 Å². The monoisotopic (exact) mass is 1160 g/mol. The quantitative estimate of drug-likeness (QED) is 0.0261. The molecule has 0 aromatic carbocycles. The summed E-state index contributed by atoms with van der Waals surface area (Å²) < 4.78 is 17.0. The van der Waals surface area contributed by atoms with Gasteiger partial charge in [0.1, 0.15) is 13.2 Å². The van der Waals surface area contributed by atoms with E-state index >= 15 is 0 Å². The molecular weight excluding hydrogens is 1020 g/mol. The predicted molar refractivity (Wildman–Crippen MR) is 362 cm³/mol. The van der Waals surface area contributed by atoms with E-state index in [2.05, 4.69) is 118 Å². The first-order valence-electron chi connectivity index (χ1n) is 35.7. The summed E-state index contributed by atoms with van der Waals surface area (Å²) in [5, 5.41) is 0. The number of unbranched alkanes of at least 4 members (excludes halogenated alkanes) is 38. The van der Waals surface area contributed by atoms with E-state index in [-0.39, 0.29) is 31.1 Å². The second-order valence-electron chi connectivity index (χ2n) is 23.7. The van der Waals surface area contributed by atoms with Gasteiger partial charge in [-0.25, -0.2) is 0 Å². The Morgan fingerprint density at radius 1 is 0.253 bits per heavy atom. The van der Waals surface area contributed by atoms with Crippen molar-refractivity contribution in [2.24, 2.45) is 0 Å². The molecule has 1 atom stereocenters. The average Bonchev–Trinajstić information content (AvgIpc) is 3.49. The Morgan fingerprint density at radius 3 is 0.735 bits per heavy atom. The number of esters is 3. The number of allylic oxidation sites excluding steroid dienone is 16. The van der Waals surface area contributed by atoms with E-state index in [4.69, 9.17) is 14.2 Å². The summed E-state index contributed by atoms with van der Waals surface area (Å²) in [5.41, 5.74) is 0. The van der Waals surface area contributed by atoms with Gasteiger partial charge < -0.3 is 14.2 Å². The number of ether oxygens (including phenoxy) is 3. The van der Waals surface area contributed by atoms with Gasteiger partial charge >= 0.3 is 17.9 Å². The highest BCUT2D eigenvalue weighted by atomic mass is 16.6. The number of hydrogen-bond acceptors (Lipinski definition) is 6. The van der Waals surface area contributed by atoms with E-state index in [1.807, 2.05) is 0 Å². The lowest BCUT2D eigenvalue weighted by molar-refractivity contribution is -0.167. The maximum absolute atomic E-state index is 13.0. The highest BCUT2D eigenvalue weighted by Crippen LogP contribution is 2.18. The summed E-state index contributed by atoms with van der Waals surface area (Å²) in [6.45, 7) is 6.46. The second-order valence-corrected chi connectivity index (χ2v) is 23.7. The van der Waals surface area contributed by atoms with E-state index in [9.17, 15) is 14.4 Å². The van der Waals surface area contributed by atoms with Gasteiger partial charge in [-0.15, -0.1) is 0 Å². The van der Waals surface area contributed by atoms with Gasteiger partial charge in [0.05, 0.1) is 0 Å². The third-order valence-electron chi connectivity index (χ3n) is 15.6. The molecule has 0 aromatic heterocycles. The Hall–Kier alpha value is -3.67. The second kappa shape index (κ2) is 70.8. The highest BCUT2D eigenvalue weighted by molar-refractivity contribution is 5.71. The van der Waals surface area contributed by atoms with Gasteiger partial charge in [-0.1, -0.05) is 336 Å². The van der Waals surface area contributed by atoms with Gasteiger partial charge in [-0.05, 0) is 96.3 Å². The van der Waals surface area contributed by atoms with Crippen LogP contribution in [-0.4, -0.2) is 37.2 Å². The Kier molecular flexibility index (Phi) is 67.7. The summed E-state index contributed by atoms with van der Waals surface area (Å²) in [6.07, 6.45) is 95.7. The van der Waals surface area contributed by atoms with Gasteiger partial charge in [-0.2, -0.15) is 0 Å². The number of hydrogen-bond donors (Lipinski definition) is 0. The molecule has 0 aromatic rings. The zero-order chi connectivity index (χ0) is 59.9. The lowest BCUT2D eigenvalue weighted by Gasteiger charge is -2.18. The Balaban J connectivity index is 4.33. The SMILES string of the molecule is CC/C=C\C/C=C\C/C=C\C/C=C\C/C=C\CCCCCCCCCCCCCC(=O)OCC(COC(=O)CCCCCCCCC/C=C\C/C=C\C/C=C\CC)OC(=O)CCCCCCCCCCCCCCCCCCCCCCC. The summed E-state index contributed by atoms with van der Waals surface area (Å²) >= 11 is 0. The molecular formula is C77H134O6. The van der Waals surface area contributed by atoms with Gasteiger partial charge in [0, 0.05) is 19.3 Å². The van der Waals surface area contributed by atoms with Crippen molar-refractivity contribution in [2.75, 3.05) is 13.2 Å². The largest absolute Gasteiger partial charge is 0.462 e. The van der Waals surface area contributed by atoms with Crippen molar-refractivity contribution in [2.45, 2.75) is 361 Å². The average molecular weight is 1160 g/mol. The third-order valence-corrected chi connectivity index (χ3v) is 15.6. The zero-order valence-electron chi connectivity index (χ0n) is 54.9. The fraction of sp³-hybridized carbons (Fsp3) is 0.753. The Morgan fingerprint density at radius 2 is 0.470 bits per heavy atom. The molecule has 0 saturated heterocycles. The molecule has 478 valence electrons. The minimum absolute atomic E-state index is 0.0790. The molecule has 0 aliphatic rings. The van der Waals surface area contributed by atoms with Crippen LogP contribution in [0.1, 0.15) is 355 Å². The molecule has 6 nitrogen and oxygen atoms in total. The molecule has 0 N–H and O–H groups in total. The van der Waals surface area contributed by atoms with Crippen LogP contribution in [0.15, 0.2) is 97.2 Å². The van der Waals surface area contributed by atoms with Crippen LogP contribution in [0.25, 0.3) is 0 Å². The van der Waals surface area contributed by atoms with Crippen molar-refractivity contribution in [1.82, 2.24) is 0 Å². The van der Waals surface area contributed by atoms with Crippen molar-refractivity contribution in [3.63, 3.8) is 0 Å². The van der Waals surface area contributed by atoms with Crippen LogP contribution in [0, 0.1) is 0 Å². The first kappa shape index (κ1) is 79.3. The molecule has 0 heterocycles. The Labute approximate surface area is 515 Å². The van der Waals surface area contributed by atoms with Crippen LogP contribution in [0.3, 0.4) is 0 Å². The standard InChI is InChI=1S/C77H134O6/c1-4-7-10-13-16-19-22-25-28-31-33-35-36-37-38-39-40-42-43-46-49-52-55-58-61-64-67-70-76(79)82-73-74(72-81-75(78)69-66-63-60-57-54-51-48-45-30-27-24-21-18-15-12-9-6-3)83-77(80)71-68-65-62-59-56-53-50-47-44-41-34-32-29-26-23-20-17-14-11-8-5-2/h7,9-10,12,16,18-19,21,25,27-28,30,33,35,37-38,74H,4-6,8,11,13-15,17,20,22-24,26,29,31-32,34,36,39-73H2,1-3H3/b10-7-,12-9-,19-16-,21-18-,28-25-,30-27-,35-33-,38-37-. The van der Waals surface area contributed by atoms with Crippen LogP contribution >= 0.6 is 0 Å². The predicted octanol–water partition coefficient (Wildman–Crippen LogP) is 24.8. The fourth-order valence-electron chi connectivity index (χ4n) is 10.3. The number of carbonyl (C=O) groups excluding carboxylic acids is 3. The van der Waals surface area contributed by atoms with Gasteiger partial charge in [0.2, 0.25) is 0 Å². The smallest absolute Gasteiger partial charge is 0.306 e. The lowest BCUT2D eigenvalue weighted by Crippen LogP contribution is -2.30. The lowest BCUT2D eigenvalue weighted by atomic mass is 10.0. The van der Waals surface area contributed by atoms with Crippen LogP contribution in [0.2, 0.25) is 0 Å². The van der Waals surface area contributed by atoms with E-state index in [0.29, 0.717) is 19.3 Å². The van der Waals surface area contributed by atoms with Gasteiger partial charge in [0.25, 0.3) is 0 Å². The number of rotatable bonds is 65. The van der Waals surface area contributed by atoms with Crippen molar-refractivity contribution < 1.29 is 28.6 Å². The highest BCUT2D eigenvalue weighted by Gasteiger charge is 2.19. The van der Waals surface area contributed by atoms with Gasteiger partial charge in [0.15, 0.2) is 6.10 Å². The minimum Gasteiger partial charge on any atom is -0.462 e. The van der Waals surface area contributed by atoms with Crippen molar-refractivity contribution in [3.05, 3.63) is 97.2 Å². The molecule has 1 unspecified atom stereocenters. The molecule has 6 heteroatoms. The van der Waals surface area contributed by atoms with E-state index < -0.39 is 6.10 Å². The summed E-state index contributed by atoms with van der Waals surface area (Å²) in [7, 11) is 0. The normalized spacial score (nSPS) is 12.7. The van der Waals surface area contributed by atoms with Crippen molar-refractivity contribution in [1.29, 1.82) is 0 Å². The molecule has 0 amide bonds. The first-order chi connectivity index (χ1) is 41.0. The minimum atomic E-state index is -0.784. The third kappa shape index (κ3) is 69.0. The maximum Gasteiger partial charge on any atom is 0.306 e. The summed E-state index contributed by atoms with van der Waals surface area (Å²) in [4.78, 5) is 38.5. The van der Waals surface area contributed by atoms with Gasteiger partial charge in [-0.3, -0.25) is 14.4 Å². The molecule has 0 spiro atoms. The molecule has 0 aliphatic carbocycles. The zero-order valence-corrected chi connectivity index (χ0v) is 54.9.